The number of primary amides is 1. The Morgan fingerprint density at radius 2 is 2.12 bits per heavy atom. The number of ether oxygens (including phenoxy) is 1. The van der Waals surface area contributed by atoms with Crippen LogP contribution in [0.1, 0.15) is 22.3 Å². The van der Waals surface area contributed by atoms with Gasteiger partial charge in [-0.05, 0) is 24.1 Å². The molecule has 0 saturated heterocycles. The molecular weight excluding hydrogens is 213 g/mol. The third-order valence-corrected chi connectivity index (χ3v) is 2.11. The summed E-state index contributed by atoms with van der Waals surface area (Å²) in [6.45, 7) is 0. The zero-order valence-corrected chi connectivity index (χ0v) is 8.83. The standard InChI is InChI=1S/C11H12FNO3/c1-16-11(15)8-3-2-7(9(12)6-8)4-5-10(13)14/h2-3,6H,4-5H2,1H3,(H2,13,14). The van der Waals surface area contributed by atoms with Crippen molar-refractivity contribution in [2.24, 2.45) is 5.73 Å². The molecule has 0 aliphatic rings. The van der Waals surface area contributed by atoms with Gasteiger partial charge in [0, 0.05) is 6.42 Å². The number of aryl methyl sites for hydroxylation is 1. The first-order chi connectivity index (χ1) is 7.54. The predicted molar refractivity (Wildman–Crippen MR) is 55.3 cm³/mol. The van der Waals surface area contributed by atoms with E-state index in [1.54, 1.807) is 0 Å². The van der Waals surface area contributed by atoms with Crippen LogP contribution >= 0.6 is 0 Å². The summed E-state index contributed by atoms with van der Waals surface area (Å²) in [6.07, 6.45) is 0.303. The molecule has 0 fully saturated rings. The molecule has 2 N–H and O–H groups in total. The van der Waals surface area contributed by atoms with Gasteiger partial charge < -0.3 is 10.5 Å². The van der Waals surface area contributed by atoms with Crippen LogP contribution in [0.4, 0.5) is 4.39 Å². The van der Waals surface area contributed by atoms with Gasteiger partial charge in [0.15, 0.2) is 0 Å². The fourth-order valence-corrected chi connectivity index (χ4v) is 1.25. The zero-order valence-electron chi connectivity index (χ0n) is 8.83. The van der Waals surface area contributed by atoms with E-state index in [0.29, 0.717) is 5.56 Å². The molecule has 4 nitrogen and oxygen atoms in total. The molecule has 0 radical (unpaired) electrons. The molecule has 0 spiro atoms. The van der Waals surface area contributed by atoms with E-state index in [1.807, 2.05) is 0 Å². The van der Waals surface area contributed by atoms with E-state index in [-0.39, 0.29) is 18.4 Å². The van der Waals surface area contributed by atoms with E-state index < -0.39 is 17.7 Å². The summed E-state index contributed by atoms with van der Waals surface area (Å²) < 4.78 is 17.9. The second-order valence-electron chi connectivity index (χ2n) is 3.26. The van der Waals surface area contributed by atoms with Gasteiger partial charge in [-0.2, -0.15) is 0 Å². The highest BCUT2D eigenvalue weighted by atomic mass is 19.1. The van der Waals surface area contributed by atoms with Crippen molar-refractivity contribution in [3.8, 4) is 0 Å². The Labute approximate surface area is 92.2 Å². The second-order valence-corrected chi connectivity index (χ2v) is 3.26. The lowest BCUT2D eigenvalue weighted by atomic mass is 10.1. The van der Waals surface area contributed by atoms with E-state index in [2.05, 4.69) is 4.74 Å². The number of rotatable bonds is 4. The Morgan fingerprint density at radius 3 is 2.62 bits per heavy atom. The number of carbonyl (C=O) groups excluding carboxylic acids is 2. The van der Waals surface area contributed by atoms with E-state index in [4.69, 9.17) is 5.73 Å². The van der Waals surface area contributed by atoms with Crippen LogP contribution in [-0.4, -0.2) is 19.0 Å². The minimum atomic E-state index is -0.597. The topological polar surface area (TPSA) is 69.4 Å². The monoisotopic (exact) mass is 225 g/mol. The third kappa shape index (κ3) is 3.05. The maximum Gasteiger partial charge on any atom is 0.337 e. The Balaban J connectivity index is 2.83. The van der Waals surface area contributed by atoms with E-state index in [9.17, 15) is 14.0 Å². The van der Waals surface area contributed by atoms with Crippen LogP contribution in [0.5, 0.6) is 0 Å². The summed E-state index contributed by atoms with van der Waals surface area (Å²) in [7, 11) is 1.22. The summed E-state index contributed by atoms with van der Waals surface area (Å²) in [6, 6.07) is 3.98. The summed E-state index contributed by atoms with van der Waals surface area (Å²) in [5.74, 6) is -1.62. The van der Waals surface area contributed by atoms with Crippen molar-refractivity contribution in [2.45, 2.75) is 12.8 Å². The molecule has 5 heteroatoms. The molecule has 0 aliphatic carbocycles. The lowest BCUT2D eigenvalue weighted by Crippen LogP contribution is -2.12. The molecule has 0 heterocycles. The number of methoxy groups -OCH3 is 1. The van der Waals surface area contributed by atoms with Crippen molar-refractivity contribution in [1.29, 1.82) is 0 Å². The van der Waals surface area contributed by atoms with Crippen LogP contribution in [0, 0.1) is 5.82 Å². The molecule has 0 unspecified atom stereocenters. The number of hydrogen-bond donors (Lipinski definition) is 1. The average Bonchev–Trinajstić information content (AvgIpc) is 2.26. The lowest BCUT2D eigenvalue weighted by molar-refractivity contribution is -0.118. The lowest BCUT2D eigenvalue weighted by Gasteiger charge is -2.04. The molecule has 86 valence electrons. The Morgan fingerprint density at radius 1 is 1.44 bits per heavy atom. The number of benzene rings is 1. The number of nitrogens with two attached hydrogens (primary N) is 1. The van der Waals surface area contributed by atoms with Gasteiger partial charge in [-0.25, -0.2) is 9.18 Å². The number of amides is 1. The fourth-order valence-electron chi connectivity index (χ4n) is 1.25. The van der Waals surface area contributed by atoms with Crippen molar-refractivity contribution in [3.63, 3.8) is 0 Å². The Kier molecular flexibility index (Phi) is 3.99. The molecule has 1 amide bonds. The van der Waals surface area contributed by atoms with Crippen molar-refractivity contribution in [2.75, 3.05) is 7.11 Å². The SMILES string of the molecule is COC(=O)c1ccc(CCC(N)=O)c(F)c1. The maximum atomic E-state index is 13.4. The van der Waals surface area contributed by atoms with Crippen LogP contribution < -0.4 is 5.73 Å². The van der Waals surface area contributed by atoms with Crippen molar-refractivity contribution < 1.29 is 18.7 Å². The molecule has 0 bridgehead atoms. The molecule has 16 heavy (non-hydrogen) atoms. The Hall–Kier alpha value is -1.91. The van der Waals surface area contributed by atoms with Gasteiger partial charge in [-0.1, -0.05) is 6.07 Å². The minimum Gasteiger partial charge on any atom is -0.465 e. The van der Waals surface area contributed by atoms with Gasteiger partial charge in [0.2, 0.25) is 5.91 Å². The fraction of sp³-hybridized carbons (Fsp3) is 0.273. The maximum absolute atomic E-state index is 13.4. The van der Waals surface area contributed by atoms with Crippen molar-refractivity contribution in [3.05, 3.63) is 35.1 Å². The van der Waals surface area contributed by atoms with Crippen LogP contribution in [-0.2, 0) is 16.0 Å². The highest BCUT2D eigenvalue weighted by Gasteiger charge is 2.10. The largest absolute Gasteiger partial charge is 0.465 e. The van der Waals surface area contributed by atoms with Gasteiger partial charge in [0.25, 0.3) is 0 Å². The van der Waals surface area contributed by atoms with Gasteiger partial charge in [0.1, 0.15) is 5.82 Å². The van der Waals surface area contributed by atoms with E-state index in [1.165, 1.54) is 19.2 Å². The molecule has 0 saturated carbocycles. The molecule has 1 aromatic rings. The van der Waals surface area contributed by atoms with Crippen molar-refractivity contribution in [1.82, 2.24) is 0 Å². The second kappa shape index (κ2) is 5.25. The van der Waals surface area contributed by atoms with Crippen LogP contribution in [0.2, 0.25) is 0 Å². The average molecular weight is 225 g/mol. The van der Waals surface area contributed by atoms with E-state index in [0.717, 1.165) is 6.07 Å². The first-order valence-electron chi connectivity index (χ1n) is 4.69. The molecular formula is C11H12FNO3. The van der Waals surface area contributed by atoms with Crippen LogP contribution in [0.15, 0.2) is 18.2 Å². The zero-order chi connectivity index (χ0) is 12.1. The van der Waals surface area contributed by atoms with Crippen LogP contribution in [0.25, 0.3) is 0 Å². The third-order valence-electron chi connectivity index (χ3n) is 2.11. The normalized spacial score (nSPS) is 9.88. The number of hydrogen-bond acceptors (Lipinski definition) is 3. The van der Waals surface area contributed by atoms with E-state index >= 15 is 0 Å². The smallest absolute Gasteiger partial charge is 0.337 e. The summed E-state index contributed by atoms with van der Waals surface area (Å²) in [4.78, 5) is 21.6. The summed E-state index contributed by atoms with van der Waals surface area (Å²) >= 11 is 0. The molecule has 0 atom stereocenters. The van der Waals surface area contributed by atoms with Gasteiger partial charge in [-0.3, -0.25) is 4.79 Å². The quantitative estimate of drug-likeness (QED) is 0.778. The van der Waals surface area contributed by atoms with Crippen LogP contribution in [0.3, 0.4) is 0 Å². The highest BCUT2D eigenvalue weighted by molar-refractivity contribution is 5.89. The predicted octanol–water partition coefficient (Wildman–Crippen LogP) is 1.03. The number of halogens is 1. The van der Waals surface area contributed by atoms with Gasteiger partial charge >= 0.3 is 5.97 Å². The number of esters is 1. The first kappa shape index (κ1) is 12.2. The molecule has 1 aromatic carbocycles. The highest BCUT2D eigenvalue weighted by Crippen LogP contribution is 2.13. The summed E-state index contributed by atoms with van der Waals surface area (Å²) in [5.41, 5.74) is 5.45. The van der Waals surface area contributed by atoms with Crippen molar-refractivity contribution >= 4 is 11.9 Å². The minimum absolute atomic E-state index is 0.0779. The summed E-state index contributed by atoms with van der Waals surface area (Å²) in [5, 5.41) is 0. The van der Waals surface area contributed by atoms with Gasteiger partial charge in [-0.15, -0.1) is 0 Å². The van der Waals surface area contributed by atoms with Gasteiger partial charge in [0.05, 0.1) is 12.7 Å². The Bertz CT molecular complexity index is 418. The number of carbonyl (C=O) groups is 2. The first-order valence-corrected chi connectivity index (χ1v) is 4.69. The molecule has 1 rings (SSSR count). The molecule has 0 aromatic heterocycles. The molecule has 0 aliphatic heterocycles.